The van der Waals surface area contributed by atoms with Crippen molar-refractivity contribution in [2.24, 2.45) is 0 Å². The summed E-state index contributed by atoms with van der Waals surface area (Å²) in [4.78, 5) is 18.2. The lowest BCUT2D eigenvalue weighted by Gasteiger charge is -2.32. The smallest absolute Gasteiger partial charge is 0.253 e. The Labute approximate surface area is 123 Å². The lowest BCUT2D eigenvalue weighted by atomic mass is 10.2. The Morgan fingerprint density at radius 1 is 1.70 bits per heavy atom. The Balaban J connectivity index is 1.90. The molecule has 0 saturated carbocycles. The molecule has 6 nitrogen and oxygen atoms in total. The van der Waals surface area contributed by atoms with Crippen LogP contribution < -0.4 is 11.1 Å². The van der Waals surface area contributed by atoms with Crippen LogP contribution in [0.1, 0.15) is 17.3 Å². The maximum Gasteiger partial charge on any atom is 0.253 e. The number of amides is 1. The molecule has 0 spiro atoms. The Morgan fingerprint density at radius 2 is 2.50 bits per heavy atom. The quantitative estimate of drug-likeness (QED) is 0.858. The van der Waals surface area contributed by atoms with E-state index in [0.29, 0.717) is 18.7 Å². The number of nitrogens with zero attached hydrogens (tertiary/aromatic N) is 2. The summed E-state index contributed by atoms with van der Waals surface area (Å²) in [6.45, 7) is 6.00. The number of aromatic nitrogens is 1. The van der Waals surface area contributed by atoms with Gasteiger partial charge in [0.15, 0.2) is 0 Å². The first kappa shape index (κ1) is 15.0. The number of anilines is 1. The minimum atomic E-state index is -0.263. The molecule has 7 heteroatoms. The molecule has 0 bridgehead atoms. The van der Waals surface area contributed by atoms with Gasteiger partial charge in [-0.15, -0.1) is 0 Å². The number of ether oxygens (including phenoxy) is 1. The summed E-state index contributed by atoms with van der Waals surface area (Å²) in [5.74, 6) is 0.00643. The molecule has 1 unspecified atom stereocenters. The zero-order valence-electron chi connectivity index (χ0n) is 11.4. The molecule has 0 radical (unpaired) electrons. The van der Waals surface area contributed by atoms with E-state index in [1.807, 2.05) is 0 Å². The van der Waals surface area contributed by atoms with Crippen LogP contribution in [0.2, 0.25) is 5.02 Å². The first-order valence-electron chi connectivity index (χ1n) is 6.63. The monoisotopic (exact) mass is 298 g/mol. The Morgan fingerprint density at radius 3 is 3.25 bits per heavy atom. The van der Waals surface area contributed by atoms with Crippen molar-refractivity contribution in [2.75, 3.05) is 38.5 Å². The molecule has 110 valence electrons. The van der Waals surface area contributed by atoms with E-state index in [0.717, 1.165) is 19.6 Å². The molecule has 1 aliphatic rings. The van der Waals surface area contributed by atoms with E-state index in [1.54, 1.807) is 0 Å². The zero-order chi connectivity index (χ0) is 14.5. The van der Waals surface area contributed by atoms with Gasteiger partial charge in [0.05, 0.1) is 23.3 Å². The van der Waals surface area contributed by atoms with Gasteiger partial charge in [-0.25, -0.2) is 4.98 Å². The second-order valence-electron chi connectivity index (χ2n) is 4.69. The van der Waals surface area contributed by atoms with Crippen molar-refractivity contribution >= 4 is 23.3 Å². The number of nitrogens with two attached hydrogens (primary N) is 1. The molecule has 1 atom stereocenters. The summed E-state index contributed by atoms with van der Waals surface area (Å²) in [5.41, 5.74) is 5.89. The van der Waals surface area contributed by atoms with Crippen LogP contribution in [0.3, 0.4) is 0 Å². The molecular weight excluding hydrogens is 280 g/mol. The number of nitrogen functional groups attached to an aromatic ring is 1. The largest absolute Gasteiger partial charge is 0.384 e. The van der Waals surface area contributed by atoms with Gasteiger partial charge < -0.3 is 15.8 Å². The van der Waals surface area contributed by atoms with Crippen molar-refractivity contribution in [2.45, 2.75) is 13.0 Å². The van der Waals surface area contributed by atoms with Gasteiger partial charge in [0.25, 0.3) is 5.91 Å². The van der Waals surface area contributed by atoms with Crippen molar-refractivity contribution in [3.8, 4) is 0 Å². The number of pyridine rings is 1. The Bertz CT molecular complexity index is 483. The van der Waals surface area contributed by atoms with E-state index < -0.39 is 0 Å². The molecule has 0 aliphatic carbocycles. The number of carbonyl (C=O) groups excluding carboxylic acids is 1. The minimum Gasteiger partial charge on any atom is -0.384 e. The lowest BCUT2D eigenvalue weighted by molar-refractivity contribution is -0.0246. The molecule has 1 amide bonds. The van der Waals surface area contributed by atoms with Gasteiger partial charge in [0.2, 0.25) is 0 Å². The van der Waals surface area contributed by atoms with Gasteiger partial charge in [0.1, 0.15) is 5.82 Å². The highest BCUT2D eigenvalue weighted by Gasteiger charge is 2.20. The fourth-order valence-corrected chi connectivity index (χ4v) is 2.31. The predicted molar refractivity (Wildman–Crippen MR) is 77.8 cm³/mol. The summed E-state index contributed by atoms with van der Waals surface area (Å²) < 4.78 is 5.62. The van der Waals surface area contributed by atoms with Crippen LogP contribution in [0, 0.1) is 0 Å². The topological polar surface area (TPSA) is 80.5 Å². The number of carbonyl (C=O) groups is 1. The molecular formula is C13H19ClN4O2. The first-order valence-corrected chi connectivity index (χ1v) is 7.01. The molecule has 1 aromatic rings. The number of halogens is 1. The van der Waals surface area contributed by atoms with Crippen LogP contribution in [0.25, 0.3) is 0 Å². The fourth-order valence-electron chi connectivity index (χ4n) is 2.12. The number of morpholine rings is 1. The van der Waals surface area contributed by atoms with Crippen molar-refractivity contribution < 1.29 is 9.53 Å². The van der Waals surface area contributed by atoms with Gasteiger partial charge >= 0.3 is 0 Å². The highest BCUT2D eigenvalue weighted by atomic mass is 35.5. The zero-order valence-corrected chi connectivity index (χ0v) is 12.2. The number of hydrogen-bond acceptors (Lipinski definition) is 5. The van der Waals surface area contributed by atoms with E-state index in [1.165, 1.54) is 12.3 Å². The van der Waals surface area contributed by atoms with Crippen LogP contribution in [0.5, 0.6) is 0 Å². The number of rotatable bonds is 4. The summed E-state index contributed by atoms with van der Waals surface area (Å²) in [6, 6.07) is 1.47. The normalized spacial score (nSPS) is 19.8. The average molecular weight is 299 g/mol. The van der Waals surface area contributed by atoms with Crippen molar-refractivity contribution in [3.63, 3.8) is 0 Å². The minimum absolute atomic E-state index is 0.00519. The summed E-state index contributed by atoms with van der Waals surface area (Å²) >= 11 is 5.94. The van der Waals surface area contributed by atoms with E-state index in [4.69, 9.17) is 22.1 Å². The number of hydrogen-bond donors (Lipinski definition) is 2. The lowest BCUT2D eigenvalue weighted by Crippen LogP contribution is -2.47. The van der Waals surface area contributed by atoms with Gasteiger partial charge in [-0.1, -0.05) is 18.5 Å². The highest BCUT2D eigenvalue weighted by Crippen LogP contribution is 2.16. The third kappa shape index (κ3) is 3.82. The molecule has 0 aromatic carbocycles. The van der Waals surface area contributed by atoms with Crippen LogP contribution in [-0.4, -0.2) is 54.7 Å². The maximum absolute atomic E-state index is 12.1. The molecule has 2 rings (SSSR count). The summed E-state index contributed by atoms with van der Waals surface area (Å²) in [7, 11) is 0. The van der Waals surface area contributed by atoms with Crippen LogP contribution in [0.4, 0.5) is 5.82 Å². The number of likely N-dealkylation sites (N-methyl/N-ethyl adjacent to an activating group) is 1. The van der Waals surface area contributed by atoms with E-state index in [9.17, 15) is 4.79 Å². The van der Waals surface area contributed by atoms with Gasteiger partial charge in [-0.05, 0) is 12.6 Å². The van der Waals surface area contributed by atoms with E-state index in [-0.39, 0.29) is 22.9 Å². The predicted octanol–water partition coefficient (Wildman–Crippen LogP) is 0.768. The molecule has 1 saturated heterocycles. The molecule has 1 aliphatic heterocycles. The average Bonchev–Trinajstić information content (AvgIpc) is 2.47. The summed E-state index contributed by atoms with van der Waals surface area (Å²) in [6.07, 6.45) is 1.38. The van der Waals surface area contributed by atoms with Crippen molar-refractivity contribution in [1.82, 2.24) is 15.2 Å². The van der Waals surface area contributed by atoms with Crippen molar-refractivity contribution in [3.05, 3.63) is 22.8 Å². The number of nitrogens with one attached hydrogen (secondary N) is 1. The van der Waals surface area contributed by atoms with Crippen LogP contribution in [-0.2, 0) is 4.74 Å². The van der Waals surface area contributed by atoms with E-state index in [2.05, 4.69) is 22.1 Å². The van der Waals surface area contributed by atoms with E-state index >= 15 is 0 Å². The standard InChI is InChI=1S/C13H19ClN4O2/c1-2-18-3-4-20-9(8-18)6-17-13(19)10-5-12(15)16-7-11(10)14/h5,7,9H,2-4,6,8H2,1H3,(H2,15,16)(H,17,19). The van der Waals surface area contributed by atoms with Gasteiger partial charge in [-0.3, -0.25) is 9.69 Å². The molecule has 1 aromatic heterocycles. The highest BCUT2D eigenvalue weighted by molar-refractivity contribution is 6.33. The maximum atomic E-state index is 12.1. The Hall–Kier alpha value is -1.37. The third-order valence-electron chi connectivity index (χ3n) is 3.28. The second kappa shape index (κ2) is 6.88. The molecule has 20 heavy (non-hydrogen) atoms. The SMILES string of the molecule is CCN1CCOC(CNC(=O)c2cc(N)ncc2Cl)C1. The van der Waals surface area contributed by atoms with Gasteiger partial charge in [-0.2, -0.15) is 0 Å². The first-order chi connectivity index (χ1) is 9.60. The molecule has 2 heterocycles. The van der Waals surface area contributed by atoms with Crippen LogP contribution >= 0.6 is 11.6 Å². The fraction of sp³-hybridized carbons (Fsp3) is 0.538. The van der Waals surface area contributed by atoms with Crippen molar-refractivity contribution in [1.29, 1.82) is 0 Å². The second-order valence-corrected chi connectivity index (χ2v) is 5.09. The Kier molecular flexibility index (Phi) is 5.17. The summed E-state index contributed by atoms with van der Waals surface area (Å²) in [5, 5.41) is 3.11. The molecule has 1 fully saturated rings. The molecule has 3 N–H and O–H groups in total. The van der Waals surface area contributed by atoms with Crippen LogP contribution in [0.15, 0.2) is 12.3 Å². The third-order valence-corrected chi connectivity index (χ3v) is 3.58. The van der Waals surface area contributed by atoms with Gasteiger partial charge in [0, 0.05) is 25.8 Å².